The second kappa shape index (κ2) is 11.8. The van der Waals surface area contributed by atoms with Gasteiger partial charge in [0.1, 0.15) is 6.04 Å². The number of nitrogens with one attached hydrogen (secondary N) is 1. The Balaban J connectivity index is 1.58. The predicted molar refractivity (Wildman–Crippen MR) is 146 cm³/mol. The van der Waals surface area contributed by atoms with Crippen molar-refractivity contribution in [3.63, 3.8) is 0 Å². The van der Waals surface area contributed by atoms with Gasteiger partial charge in [-0.05, 0) is 44.7 Å². The molecular formula is C31H37N3O4. The summed E-state index contributed by atoms with van der Waals surface area (Å²) in [4.78, 5) is 56.2. The second-order valence-electron chi connectivity index (χ2n) is 11.2. The molecular weight excluding hydrogens is 478 g/mol. The quantitative estimate of drug-likeness (QED) is 0.406. The van der Waals surface area contributed by atoms with Gasteiger partial charge in [0.05, 0.1) is 11.8 Å². The van der Waals surface area contributed by atoms with Crippen molar-refractivity contribution in [1.82, 2.24) is 15.1 Å². The van der Waals surface area contributed by atoms with Crippen LogP contribution in [0.3, 0.4) is 0 Å². The molecule has 0 radical (unpaired) electrons. The Bertz CT molecular complexity index is 1160. The van der Waals surface area contributed by atoms with Crippen LogP contribution in [-0.2, 0) is 32.1 Å². The van der Waals surface area contributed by atoms with Gasteiger partial charge in [0.25, 0.3) is 0 Å². The SMILES string of the molecule is CC(C)(C)NC(=O)[C@H](Cc1ccccc1)N(Cc1ccccc1)C(=O)CCN1C(=O)[C@H]2CC=CC[C@H]2C1=O. The number of rotatable bonds is 9. The first kappa shape index (κ1) is 27.3. The maximum atomic E-state index is 13.8. The Kier molecular flexibility index (Phi) is 8.45. The third kappa shape index (κ3) is 6.57. The predicted octanol–water partition coefficient (Wildman–Crippen LogP) is 3.88. The molecule has 7 heteroatoms. The fraction of sp³-hybridized carbons (Fsp3) is 0.419. The van der Waals surface area contributed by atoms with Gasteiger partial charge in [-0.1, -0.05) is 72.8 Å². The first-order valence-electron chi connectivity index (χ1n) is 13.3. The van der Waals surface area contributed by atoms with Gasteiger partial charge in [0, 0.05) is 31.5 Å². The zero-order chi connectivity index (χ0) is 27.3. The van der Waals surface area contributed by atoms with E-state index in [1.807, 2.05) is 93.6 Å². The summed E-state index contributed by atoms with van der Waals surface area (Å²) in [7, 11) is 0. The monoisotopic (exact) mass is 515 g/mol. The van der Waals surface area contributed by atoms with E-state index in [2.05, 4.69) is 5.32 Å². The molecule has 1 fully saturated rings. The van der Waals surface area contributed by atoms with E-state index < -0.39 is 11.6 Å². The Morgan fingerprint density at radius 3 is 1.95 bits per heavy atom. The van der Waals surface area contributed by atoms with E-state index in [4.69, 9.17) is 0 Å². The number of fused-ring (bicyclic) bond motifs is 1. The summed E-state index contributed by atoms with van der Waals surface area (Å²) in [5.74, 6) is -1.56. The summed E-state index contributed by atoms with van der Waals surface area (Å²) < 4.78 is 0. The number of hydrogen-bond acceptors (Lipinski definition) is 4. The van der Waals surface area contributed by atoms with Gasteiger partial charge >= 0.3 is 0 Å². The summed E-state index contributed by atoms with van der Waals surface area (Å²) in [6, 6.07) is 18.4. The van der Waals surface area contributed by atoms with Crippen molar-refractivity contribution in [3.8, 4) is 0 Å². The molecule has 1 heterocycles. The van der Waals surface area contributed by atoms with Crippen LogP contribution in [0.25, 0.3) is 0 Å². The van der Waals surface area contributed by atoms with E-state index in [0.717, 1.165) is 11.1 Å². The molecule has 2 aromatic carbocycles. The number of amides is 4. The summed E-state index contributed by atoms with van der Waals surface area (Å²) >= 11 is 0. The number of allylic oxidation sites excluding steroid dienone is 2. The highest BCUT2D eigenvalue weighted by Crippen LogP contribution is 2.35. The normalized spacial score (nSPS) is 19.7. The number of likely N-dealkylation sites (tertiary alicyclic amines) is 1. The fourth-order valence-electron chi connectivity index (χ4n) is 5.23. The number of nitrogens with zero attached hydrogens (tertiary/aromatic N) is 2. The fourth-order valence-corrected chi connectivity index (χ4v) is 5.23. The topological polar surface area (TPSA) is 86.8 Å². The molecule has 0 spiro atoms. The highest BCUT2D eigenvalue weighted by Gasteiger charge is 2.47. The van der Waals surface area contributed by atoms with Gasteiger partial charge in [0.2, 0.25) is 23.6 Å². The number of imide groups is 1. The minimum atomic E-state index is -0.763. The van der Waals surface area contributed by atoms with Crippen LogP contribution in [0.5, 0.6) is 0 Å². The van der Waals surface area contributed by atoms with Crippen LogP contribution in [0.15, 0.2) is 72.8 Å². The standard InChI is InChI=1S/C31H37N3O4/c1-31(2,3)32-28(36)26(20-22-12-6-4-7-13-22)34(21-23-14-8-5-9-15-23)27(35)18-19-33-29(37)24-16-10-11-17-25(24)30(33)38/h4-15,24-26H,16-21H2,1-3H3,(H,32,36)/t24-,25+,26-/m0/s1. The Labute approximate surface area is 224 Å². The van der Waals surface area contributed by atoms with Crippen LogP contribution >= 0.6 is 0 Å². The van der Waals surface area contributed by atoms with Crippen molar-refractivity contribution < 1.29 is 19.2 Å². The van der Waals surface area contributed by atoms with E-state index in [9.17, 15) is 19.2 Å². The molecule has 1 aliphatic heterocycles. The average Bonchev–Trinajstić information content (AvgIpc) is 3.14. The van der Waals surface area contributed by atoms with E-state index in [0.29, 0.717) is 19.3 Å². The zero-order valence-corrected chi connectivity index (χ0v) is 22.4. The third-order valence-electron chi connectivity index (χ3n) is 7.11. The molecule has 1 saturated heterocycles. The smallest absolute Gasteiger partial charge is 0.243 e. The number of hydrogen-bond donors (Lipinski definition) is 1. The summed E-state index contributed by atoms with van der Waals surface area (Å²) in [5, 5.41) is 3.05. The van der Waals surface area contributed by atoms with E-state index in [1.165, 1.54) is 4.90 Å². The van der Waals surface area contributed by atoms with Gasteiger partial charge in [-0.2, -0.15) is 0 Å². The van der Waals surface area contributed by atoms with Crippen LogP contribution in [0.4, 0.5) is 0 Å². The average molecular weight is 516 g/mol. The van der Waals surface area contributed by atoms with Crippen molar-refractivity contribution >= 4 is 23.6 Å². The molecule has 4 amide bonds. The van der Waals surface area contributed by atoms with Crippen LogP contribution in [0.2, 0.25) is 0 Å². The first-order chi connectivity index (χ1) is 18.1. The van der Waals surface area contributed by atoms with Crippen molar-refractivity contribution in [3.05, 3.63) is 83.9 Å². The Hall–Kier alpha value is -3.74. The van der Waals surface area contributed by atoms with E-state index >= 15 is 0 Å². The molecule has 2 aliphatic rings. The lowest BCUT2D eigenvalue weighted by Gasteiger charge is -2.34. The Morgan fingerprint density at radius 1 is 0.895 bits per heavy atom. The van der Waals surface area contributed by atoms with Crippen LogP contribution in [-0.4, -0.2) is 51.6 Å². The number of carbonyl (C=O) groups is 4. The summed E-state index contributed by atoms with van der Waals surface area (Å²) in [6.07, 6.45) is 5.33. The lowest BCUT2D eigenvalue weighted by molar-refractivity contribution is -0.144. The summed E-state index contributed by atoms with van der Waals surface area (Å²) in [6.45, 7) is 5.99. The molecule has 200 valence electrons. The molecule has 0 saturated carbocycles. The van der Waals surface area contributed by atoms with Gasteiger partial charge in [0.15, 0.2) is 0 Å². The molecule has 0 bridgehead atoms. The molecule has 0 aromatic heterocycles. The number of carbonyl (C=O) groups excluding carboxylic acids is 4. The number of benzene rings is 2. The molecule has 38 heavy (non-hydrogen) atoms. The largest absolute Gasteiger partial charge is 0.350 e. The second-order valence-corrected chi connectivity index (χ2v) is 11.2. The molecule has 1 N–H and O–H groups in total. The lowest BCUT2D eigenvalue weighted by Crippen LogP contribution is -2.54. The molecule has 0 unspecified atom stereocenters. The van der Waals surface area contributed by atoms with Crippen molar-refractivity contribution in [2.24, 2.45) is 11.8 Å². The van der Waals surface area contributed by atoms with Gasteiger partial charge in [-0.3, -0.25) is 24.1 Å². The van der Waals surface area contributed by atoms with Crippen molar-refractivity contribution in [1.29, 1.82) is 0 Å². The minimum absolute atomic E-state index is 0.0216. The van der Waals surface area contributed by atoms with Gasteiger partial charge < -0.3 is 10.2 Å². The van der Waals surface area contributed by atoms with Crippen molar-refractivity contribution in [2.75, 3.05) is 6.54 Å². The first-order valence-corrected chi connectivity index (χ1v) is 13.3. The molecule has 7 nitrogen and oxygen atoms in total. The van der Waals surface area contributed by atoms with Crippen LogP contribution in [0, 0.1) is 11.8 Å². The van der Waals surface area contributed by atoms with Crippen LogP contribution in [0.1, 0.15) is 51.2 Å². The molecule has 3 atom stereocenters. The minimum Gasteiger partial charge on any atom is -0.350 e. The molecule has 4 rings (SSSR count). The maximum Gasteiger partial charge on any atom is 0.243 e. The van der Waals surface area contributed by atoms with Gasteiger partial charge in [-0.15, -0.1) is 0 Å². The molecule has 1 aliphatic carbocycles. The Morgan fingerprint density at radius 2 is 1.42 bits per heavy atom. The highest BCUT2D eigenvalue weighted by molar-refractivity contribution is 6.05. The van der Waals surface area contributed by atoms with E-state index in [1.54, 1.807) is 4.90 Å². The summed E-state index contributed by atoms with van der Waals surface area (Å²) in [5.41, 5.74) is 1.36. The lowest BCUT2D eigenvalue weighted by atomic mass is 9.85. The van der Waals surface area contributed by atoms with Crippen molar-refractivity contribution in [2.45, 2.75) is 64.6 Å². The van der Waals surface area contributed by atoms with Crippen LogP contribution < -0.4 is 5.32 Å². The highest BCUT2D eigenvalue weighted by atomic mass is 16.2. The third-order valence-corrected chi connectivity index (χ3v) is 7.11. The zero-order valence-electron chi connectivity index (χ0n) is 22.4. The van der Waals surface area contributed by atoms with E-state index in [-0.39, 0.29) is 55.0 Å². The maximum absolute atomic E-state index is 13.8. The van der Waals surface area contributed by atoms with Gasteiger partial charge in [-0.25, -0.2) is 0 Å². The molecule has 2 aromatic rings.